The Bertz CT molecular complexity index is 972. The number of benzene rings is 2. The summed E-state index contributed by atoms with van der Waals surface area (Å²) in [5.74, 6) is 1.00. The van der Waals surface area contributed by atoms with Crippen LogP contribution in [0.2, 0.25) is 0 Å². The predicted molar refractivity (Wildman–Crippen MR) is 136 cm³/mol. The molecule has 0 saturated heterocycles. The van der Waals surface area contributed by atoms with E-state index >= 15 is 0 Å². The molecule has 3 nitrogen and oxygen atoms in total. The van der Waals surface area contributed by atoms with Crippen molar-refractivity contribution >= 4 is 26.3 Å². The zero-order chi connectivity index (χ0) is 23.8. The van der Waals surface area contributed by atoms with Gasteiger partial charge in [-0.1, -0.05) is 71.0 Å². The van der Waals surface area contributed by atoms with Gasteiger partial charge in [0.1, 0.15) is 0 Å². The van der Waals surface area contributed by atoms with E-state index in [1.54, 1.807) is 0 Å². The molecule has 0 spiro atoms. The topological polar surface area (TPSA) is 53.4 Å². The average Bonchev–Trinajstić information content (AvgIpc) is 2.66. The standard InChI is InChI=1S/C17H13NSi.C11H24O2.Ir/c1-11-8-12(2)10-13(9-11)15-7-6-14-16(18-15)4-3-5-17(14)19;1-8(2)5-10(12)7-11(13)6-9(3)4;/h3-9H,1-2H3;8-13H,5-7H2,1-4H3;/q-1;;. The maximum atomic E-state index is 9.54. The van der Waals surface area contributed by atoms with Crippen molar-refractivity contribution in [3.8, 4) is 11.3 Å². The minimum atomic E-state index is -0.339. The molecule has 0 aliphatic carbocycles. The van der Waals surface area contributed by atoms with Crippen LogP contribution >= 0.6 is 0 Å². The monoisotopic (exact) mass is 640 g/mol. The maximum Gasteiger partial charge on any atom is 0.0721 e. The van der Waals surface area contributed by atoms with Crippen molar-refractivity contribution in [3.63, 3.8) is 0 Å². The molecule has 2 aromatic carbocycles. The Balaban J connectivity index is 0.000000346. The third-order valence-corrected chi connectivity index (χ3v) is 5.62. The fourth-order valence-electron chi connectivity index (χ4n) is 3.93. The second kappa shape index (κ2) is 14.1. The molecule has 3 rings (SSSR count). The summed E-state index contributed by atoms with van der Waals surface area (Å²) in [7, 11) is 3.61. The number of fused-ring (bicyclic) bond motifs is 1. The third kappa shape index (κ3) is 10.2. The van der Waals surface area contributed by atoms with E-state index in [2.05, 4.69) is 82.1 Å². The van der Waals surface area contributed by atoms with E-state index in [0.717, 1.165) is 45.8 Å². The van der Waals surface area contributed by atoms with Gasteiger partial charge in [-0.05, 0) is 48.2 Å². The summed E-state index contributed by atoms with van der Waals surface area (Å²) in [6.07, 6.45) is 1.42. The van der Waals surface area contributed by atoms with Gasteiger partial charge in [0.2, 0.25) is 0 Å². The fourth-order valence-corrected chi connectivity index (χ4v) is 4.24. The van der Waals surface area contributed by atoms with Gasteiger partial charge in [0.15, 0.2) is 0 Å². The number of nitrogens with zero attached hydrogens (tertiary/aromatic N) is 1. The van der Waals surface area contributed by atoms with Crippen molar-refractivity contribution < 1.29 is 30.3 Å². The van der Waals surface area contributed by atoms with E-state index in [9.17, 15) is 10.2 Å². The van der Waals surface area contributed by atoms with Gasteiger partial charge < -0.3 is 10.2 Å². The van der Waals surface area contributed by atoms with Crippen LogP contribution in [0.1, 0.15) is 58.1 Å². The van der Waals surface area contributed by atoms with Crippen molar-refractivity contribution in [1.82, 2.24) is 4.98 Å². The number of aromatic nitrogens is 1. The van der Waals surface area contributed by atoms with Crippen LogP contribution in [0, 0.1) is 31.7 Å². The van der Waals surface area contributed by atoms with E-state index in [-0.39, 0.29) is 32.3 Å². The number of aliphatic hydroxyl groups is 2. The molecule has 3 aromatic rings. The Labute approximate surface area is 216 Å². The van der Waals surface area contributed by atoms with Crippen LogP contribution in [0.25, 0.3) is 22.2 Å². The minimum Gasteiger partial charge on any atom is -0.393 e. The second-order valence-electron chi connectivity index (χ2n) is 9.63. The van der Waals surface area contributed by atoms with Crippen molar-refractivity contribution in [1.29, 1.82) is 0 Å². The molecule has 180 valence electrons. The van der Waals surface area contributed by atoms with Crippen molar-refractivity contribution in [2.24, 2.45) is 11.8 Å². The van der Waals surface area contributed by atoms with Crippen LogP contribution in [-0.2, 0) is 20.1 Å². The number of aryl methyl sites for hydroxylation is 2. The molecule has 2 atom stereocenters. The number of pyridine rings is 1. The van der Waals surface area contributed by atoms with E-state index in [0.29, 0.717) is 18.3 Å². The number of hydrogen-bond acceptors (Lipinski definition) is 3. The maximum absolute atomic E-state index is 9.54. The average molecular weight is 640 g/mol. The van der Waals surface area contributed by atoms with E-state index in [1.165, 1.54) is 5.56 Å². The predicted octanol–water partition coefficient (Wildman–Crippen LogP) is 5.30. The van der Waals surface area contributed by atoms with E-state index in [4.69, 9.17) is 4.98 Å². The molecular formula is C28H37IrNO2Si-. The number of rotatable bonds is 7. The molecule has 4 radical (unpaired) electrons. The molecule has 0 saturated carbocycles. The van der Waals surface area contributed by atoms with E-state index in [1.807, 2.05) is 18.2 Å². The molecular weight excluding hydrogens is 603 g/mol. The first-order valence-corrected chi connectivity index (χ1v) is 12.0. The quantitative estimate of drug-likeness (QED) is 0.273. The van der Waals surface area contributed by atoms with Crippen molar-refractivity contribution in [2.45, 2.75) is 73.0 Å². The SMILES string of the molecule is CC(C)CC(O)CC(O)CC(C)C.Cc1[c-]c(-c2ccc3c([Si])cccc3n2)cc(C)c1.[Ir]. The van der Waals surface area contributed by atoms with Crippen LogP contribution in [0.4, 0.5) is 0 Å². The Hall–Kier alpha value is -1.36. The minimum absolute atomic E-state index is 0. The van der Waals surface area contributed by atoms with E-state index < -0.39 is 0 Å². The first kappa shape index (κ1) is 29.7. The van der Waals surface area contributed by atoms with Gasteiger partial charge >= 0.3 is 0 Å². The molecule has 0 amide bonds. The Morgan fingerprint density at radius 2 is 1.48 bits per heavy atom. The first-order chi connectivity index (χ1) is 15.0. The van der Waals surface area contributed by atoms with Gasteiger partial charge in [0, 0.05) is 20.1 Å². The van der Waals surface area contributed by atoms with Crippen LogP contribution in [0.5, 0.6) is 0 Å². The Kier molecular flexibility index (Phi) is 12.7. The normalized spacial score (nSPS) is 12.8. The van der Waals surface area contributed by atoms with Gasteiger partial charge in [-0.15, -0.1) is 34.9 Å². The second-order valence-corrected chi connectivity index (χ2v) is 10.2. The molecule has 5 heteroatoms. The van der Waals surface area contributed by atoms with Crippen LogP contribution < -0.4 is 5.19 Å². The molecule has 33 heavy (non-hydrogen) atoms. The third-order valence-electron chi connectivity index (χ3n) is 5.19. The zero-order valence-corrected chi connectivity index (χ0v) is 24.0. The van der Waals surface area contributed by atoms with Crippen LogP contribution in [0.3, 0.4) is 0 Å². The first-order valence-electron chi connectivity index (χ1n) is 11.5. The zero-order valence-electron chi connectivity index (χ0n) is 20.6. The summed E-state index contributed by atoms with van der Waals surface area (Å²) < 4.78 is 0. The molecule has 0 aliphatic heterocycles. The summed E-state index contributed by atoms with van der Waals surface area (Å²) in [4.78, 5) is 4.73. The molecule has 1 aromatic heterocycles. The summed E-state index contributed by atoms with van der Waals surface area (Å²) in [5, 5.41) is 21.3. The van der Waals surface area contributed by atoms with Gasteiger partial charge in [-0.3, -0.25) is 4.98 Å². The molecule has 2 unspecified atom stereocenters. The Morgan fingerprint density at radius 1 is 0.879 bits per heavy atom. The molecule has 0 fully saturated rings. The summed E-state index contributed by atoms with van der Waals surface area (Å²) >= 11 is 0. The Morgan fingerprint density at radius 3 is 2.03 bits per heavy atom. The van der Waals surface area contributed by atoms with Crippen molar-refractivity contribution in [2.75, 3.05) is 0 Å². The molecule has 0 aliphatic rings. The van der Waals surface area contributed by atoms with Gasteiger partial charge in [-0.2, -0.15) is 0 Å². The fraction of sp³-hybridized carbons (Fsp3) is 0.464. The largest absolute Gasteiger partial charge is 0.393 e. The van der Waals surface area contributed by atoms with Gasteiger partial charge in [0.25, 0.3) is 0 Å². The number of hydrogen-bond donors (Lipinski definition) is 2. The smallest absolute Gasteiger partial charge is 0.0721 e. The molecule has 2 N–H and O–H groups in total. The summed E-state index contributed by atoms with van der Waals surface area (Å²) in [6.45, 7) is 12.5. The summed E-state index contributed by atoms with van der Waals surface area (Å²) in [5.41, 5.74) is 5.40. The van der Waals surface area contributed by atoms with Gasteiger partial charge in [-0.25, -0.2) is 0 Å². The van der Waals surface area contributed by atoms with Crippen LogP contribution in [-0.4, -0.2) is 37.6 Å². The van der Waals surface area contributed by atoms with Crippen LogP contribution in [0.15, 0.2) is 42.5 Å². The molecule has 1 heterocycles. The number of aliphatic hydroxyl groups excluding tert-OH is 2. The summed E-state index contributed by atoms with van der Waals surface area (Å²) in [6, 6.07) is 17.8. The van der Waals surface area contributed by atoms with Gasteiger partial charge in [0.05, 0.1) is 28.0 Å². The molecule has 0 bridgehead atoms. The van der Waals surface area contributed by atoms with Crippen molar-refractivity contribution in [3.05, 3.63) is 59.7 Å².